The summed E-state index contributed by atoms with van der Waals surface area (Å²) < 4.78 is 0. The van der Waals surface area contributed by atoms with Crippen LogP contribution in [-0.2, 0) is 0 Å². The first-order valence-corrected chi connectivity index (χ1v) is 4.33. The maximum Gasteiger partial charge on any atom is 0.00200 e. The Bertz CT molecular complexity index is 108. The molecule has 1 aliphatic carbocycles. The quantitative estimate of drug-likeness (QED) is 0.507. The Kier molecular flexibility index (Phi) is 1.66. The van der Waals surface area contributed by atoms with Crippen molar-refractivity contribution in [3.8, 4) is 0 Å². The van der Waals surface area contributed by atoms with Crippen LogP contribution in [0.25, 0.3) is 0 Å². The monoisotopic (exact) mass is 140 g/mol. The van der Waals surface area contributed by atoms with Gasteiger partial charge >= 0.3 is 0 Å². The number of rotatable bonds is 0. The molecule has 58 valence electrons. The fourth-order valence-corrected chi connectivity index (χ4v) is 1.64. The molecule has 10 heavy (non-hydrogen) atoms. The molecule has 2 aliphatic rings. The summed E-state index contributed by atoms with van der Waals surface area (Å²) in [5.74, 6) is 0. The Balaban J connectivity index is 1.84. The van der Waals surface area contributed by atoms with Crippen LogP contribution in [0.3, 0.4) is 0 Å². The Labute approximate surface area is 62.4 Å². The lowest BCUT2D eigenvalue weighted by Gasteiger charge is -2.20. The normalized spacial score (nSPS) is 31.2. The lowest BCUT2D eigenvalue weighted by Crippen LogP contribution is -2.37. The minimum Gasteiger partial charge on any atom is -0.316 e. The topological polar surface area (TPSA) is 24.1 Å². The minimum absolute atomic E-state index is 0.681. The van der Waals surface area contributed by atoms with Crippen LogP contribution in [0, 0.1) is 5.41 Å². The standard InChI is InChI=1S/C8H16N2/c1-4-9-6-8(2-3-8)7-10-5-1/h9-10H,1-7H2. The van der Waals surface area contributed by atoms with E-state index in [0.29, 0.717) is 5.41 Å². The van der Waals surface area contributed by atoms with Crippen LogP contribution in [0.15, 0.2) is 0 Å². The van der Waals surface area contributed by atoms with Crippen LogP contribution in [0.5, 0.6) is 0 Å². The largest absolute Gasteiger partial charge is 0.316 e. The first kappa shape index (κ1) is 6.62. The average molecular weight is 140 g/mol. The summed E-state index contributed by atoms with van der Waals surface area (Å²) >= 11 is 0. The third-order valence-corrected chi connectivity index (χ3v) is 2.66. The van der Waals surface area contributed by atoms with E-state index in [-0.39, 0.29) is 0 Å². The van der Waals surface area contributed by atoms with Gasteiger partial charge in [0.15, 0.2) is 0 Å². The molecule has 1 spiro atoms. The maximum absolute atomic E-state index is 3.50. The van der Waals surface area contributed by atoms with Gasteiger partial charge < -0.3 is 10.6 Å². The van der Waals surface area contributed by atoms with Crippen molar-refractivity contribution in [2.45, 2.75) is 19.3 Å². The highest BCUT2D eigenvalue weighted by atomic mass is 15.0. The Morgan fingerprint density at radius 1 is 0.900 bits per heavy atom. The molecule has 2 rings (SSSR count). The highest BCUT2D eigenvalue weighted by molar-refractivity contribution is 4.97. The molecule has 0 aromatic heterocycles. The Hall–Kier alpha value is -0.0800. The zero-order valence-electron chi connectivity index (χ0n) is 6.45. The van der Waals surface area contributed by atoms with Gasteiger partial charge in [-0.1, -0.05) is 0 Å². The van der Waals surface area contributed by atoms with Gasteiger partial charge in [-0.05, 0) is 37.8 Å². The van der Waals surface area contributed by atoms with Crippen LogP contribution < -0.4 is 10.6 Å². The molecule has 2 heteroatoms. The molecule has 1 heterocycles. The van der Waals surface area contributed by atoms with Crippen molar-refractivity contribution >= 4 is 0 Å². The molecule has 0 amide bonds. The first-order valence-electron chi connectivity index (χ1n) is 4.33. The molecule has 0 aromatic rings. The van der Waals surface area contributed by atoms with E-state index in [9.17, 15) is 0 Å². The van der Waals surface area contributed by atoms with Gasteiger partial charge in [-0.25, -0.2) is 0 Å². The van der Waals surface area contributed by atoms with Gasteiger partial charge in [-0.15, -0.1) is 0 Å². The van der Waals surface area contributed by atoms with Gasteiger partial charge in [0.1, 0.15) is 0 Å². The zero-order valence-corrected chi connectivity index (χ0v) is 6.45. The van der Waals surface area contributed by atoms with Crippen molar-refractivity contribution in [1.29, 1.82) is 0 Å². The van der Waals surface area contributed by atoms with Crippen molar-refractivity contribution in [2.75, 3.05) is 26.2 Å². The molecule has 1 saturated carbocycles. The van der Waals surface area contributed by atoms with Gasteiger partial charge in [0.2, 0.25) is 0 Å². The first-order chi connectivity index (χ1) is 4.91. The smallest absolute Gasteiger partial charge is 0.00200 e. The van der Waals surface area contributed by atoms with Gasteiger partial charge in [0, 0.05) is 13.1 Å². The summed E-state index contributed by atoms with van der Waals surface area (Å²) in [4.78, 5) is 0. The predicted molar refractivity (Wildman–Crippen MR) is 42.0 cm³/mol. The molecule has 1 aliphatic heterocycles. The molecule has 0 radical (unpaired) electrons. The van der Waals surface area contributed by atoms with Crippen molar-refractivity contribution in [1.82, 2.24) is 10.6 Å². The lowest BCUT2D eigenvalue weighted by molar-refractivity contribution is 0.393. The highest BCUT2D eigenvalue weighted by Gasteiger charge is 2.41. The molecular weight excluding hydrogens is 124 g/mol. The van der Waals surface area contributed by atoms with E-state index in [0.717, 1.165) is 0 Å². The van der Waals surface area contributed by atoms with Crippen molar-refractivity contribution in [2.24, 2.45) is 5.41 Å². The summed E-state index contributed by atoms with van der Waals surface area (Å²) in [5, 5.41) is 7.00. The van der Waals surface area contributed by atoms with Gasteiger partial charge in [-0.2, -0.15) is 0 Å². The molecule has 2 nitrogen and oxygen atoms in total. The van der Waals surface area contributed by atoms with E-state index >= 15 is 0 Å². The number of hydrogen-bond donors (Lipinski definition) is 2. The SMILES string of the molecule is C1CNCC2(CC2)CNC1. The van der Waals surface area contributed by atoms with E-state index in [1.807, 2.05) is 0 Å². The number of hydrogen-bond acceptors (Lipinski definition) is 2. The predicted octanol–water partition coefficient (Wildman–Crippen LogP) is 0.349. The van der Waals surface area contributed by atoms with E-state index < -0.39 is 0 Å². The van der Waals surface area contributed by atoms with Crippen LogP contribution in [0.2, 0.25) is 0 Å². The summed E-state index contributed by atoms with van der Waals surface area (Å²) in [6.45, 7) is 4.91. The summed E-state index contributed by atoms with van der Waals surface area (Å²) in [7, 11) is 0. The van der Waals surface area contributed by atoms with E-state index in [1.54, 1.807) is 0 Å². The van der Waals surface area contributed by atoms with Crippen LogP contribution in [0.4, 0.5) is 0 Å². The van der Waals surface area contributed by atoms with Gasteiger partial charge in [-0.3, -0.25) is 0 Å². The van der Waals surface area contributed by atoms with E-state index in [4.69, 9.17) is 0 Å². The molecule has 0 unspecified atom stereocenters. The van der Waals surface area contributed by atoms with E-state index in [2.05, 4.69) is 10.6 Å². The fourth-order valence-electron chi connectivity index (χ4n) is 1.64. The third kappa shape index (κ3) is 1.32. The van der Waals surface area contributed by atoms with Gasteiger partial charge in [0.05, 0.1) is 0 Å². The molecule has 2 fully saturated rings. The highest BCUT2D eigenvalue weighted by Crippen LogP contribution is 2.44. The maximum atomic E-state index is 3.50. The molecule has 2 N–H and O–H groups in total. The summed E-state index contributed by atoms with van der Waals surface area (Å²) in [5.41, 5.74) is 0.681. The van der Waals surface area contributed by atoms with Crippen molar-refractivity contribution < 1.29 is 0 Å². The van der Waals surface area contributed by atoms with Crippen molar-refractivity contribution in [3.63, 3.8) is 0 Å². The second-order valence-electron chi connectivity index (χ2n) is 3.71. The van der Waals surface area contributed by atoms with Crippen LogP contribution in [-0.4, -0.2) is 26.2 Å². The molecule has 0 bridgehead atoms. The van der Waals surface area contributed by atoms with E-state index in [1.165, 1.54) is 45.4 Å². The van der Waals surface area contributed by atoms with Crippen LogP contribution in [0.1, 0.15) is 19.3 Å². The fraction of sp³-hybridized carbons (Fsp3) is 1.00. The minimum atomic E-state index is 0.681. The van der Waals surface area contributed by atoms with Crippen molar-refractivity contribution in [3.05, 3.63) is 0 Å². The van der Waals surface area contributed by atoms with Gasteiger partial charge in [0.25, 0.3) is 0 Å². The average Bonchev–Trinajstić information content (AvgIpc) is 2.61. The molecule has 1 saturated heterocycles. The lowest BCUT2D eigenvalue weighted by atomic mass is 10.1. The van der Waals surface area contributed by atoms with Crippen LogP contribution >= 0.6 is 0 Å². The molecular formula is C8H16N2. The number of nitrogens with one attached hydrogen (secondary N) is 2. The third-order valence-electron chi connectivity index (χ3n) is 2.66. The summed E-state index contributed by atoms with van der Waals surface area (Å²) in [6.07, 6.45) is 4.16. The Morgan fingerprint density at radius 2 is 1.50 bits per heavy atom. The second kappa shape index (κ2) is 2.51. The zero-order chi connectivity index (χ0) is 6.86. The molecule has 0 aromatic carbocycles. The summed E-state index contributed by atoms with van der Waals surface area (Å²) in [6, 6.07) is 0. The second-order valence-corrected chi connectivity index (χ2v) is 3.71. The molecule has 0 atom stereocenters. The Morgan fingerprint density at radius 3 is 2.00 bits per heavy atom.